The Hall–Kier alpha value is -3.27. The number of fused-ring (bicyclic) bond motifs is 3. The van der Waals surface area contributed by atoms with Gasteiger partial charge in [-0.2, -0.15) is 0 Å². The highest BCUT2D eigenvalue weighted by atomic mass is 16.5. The molecule has 4 nitrogen and oxygen atoms in total. The van der Waals surface area contributed by atoms with Crippen LogP contribution in [0.1, 0.15) is 46.8 Å². The van der Waals surface area contributed by atoms with Crippen molar-refractivity contribution in [3.8, 4) is 5.75 Å². The number of rotatable bonds is 5. The van der Waals surface area contributed by atoms with E-state index in [1.54, 1.807) is 7.11 Å². The van der Waals surface area contributed by atoms with E-state index in [1.807, 2.05) is 18.2 Å². The van der Waals surface area contributed by atoms with Crippen molar-refractivity contribution in [3.05, 3.63) is 76.9 Å². The fourth-order valence-corrected chi connectivity index (χ4v) is 4.12. The van der Waals surface area contributed by atoms with Crippen molar-refractivity contribution in [2.24, 2.45) is 5.73 Å². The fraction of sp³-hybridized carbons (Fsp3) is 0.240. The van der Waals surface area contributed by atoms with Gasteiger partial charge in [-0.05, 0) is 53.8 Å². The van der Waals surface area contributed by atoms with Gasteiger partial charge in [-0.1, -0.05) is 44.2 Å². The standard InChI is InChI=1S/C25H26N2O2/c1-15(2)18-9-10-19-22(13-18)27(14-17-8-11-23(29-4)16(3)12-17)21-7-5-6-20(24(19)21)25(26)28/h5-13,15H,14H2,1-4H3,(H2,26,28). The number of carbonyl (C=O) groups is 1. The van der Waals surface area contributed by atoms with Gasteiger partial charge in [0.1, 0.15) is 5.75 Å². The molecule has 148 valence electrons. The zero-order valence-electron chi connectivity index (χ0n) is 17.3. The summed E-state index contributed by atoms with van der Waals surface area (Å²) in [7, 11) is 1.69. The molecular formula is C25H26N2O2. The third-order valence-corrected chi connectivity index (χ3v) is 5.65. The van der Waals surface area contributed by atoms with Gasteiger partial charge in [0, 0.05) is 28.4 Å². The molecule has 0 aliphatic heterocycles. The summed E-state index contributed by atoms with van der Waals surface area (Å²) in [6, 6.07) is 18.5. The molecule has 0 bridgehead atoms. The van der Waals surface area contributed by atoms with Gasteiger partial charge in [0.15, 0.2) is 0 Å². The van der Waals surface area contributed by atoms with Crippen LogP contribution in [-0.2, 0) is 6.54 Å². The van der Waals surface area contributed by atoms with E-state index in [-0.39, 0.29) is 0 Å². The average molecular weight is 386 g/mol. The summed E-state index contributed by atoms with van der Waals surface area (Å²) in [5.74, 6) is 0.904. The highest BCUT2D eigenvalue weighted by Gasteiger charge is 2.17. The maximum Gasteiger partial charge on any atom is 0.249 e. The van der Waals surface area contributed by atoms with Gasteiger partial charge in [-0.3, -0.25) is 4.79 Å². The fourth-order valence-electron chi connectivity index (χ4n) is 4.12. The van der Waals surface area contributed by atoms with Gasteiger partial charge in [-0.15, -0.1) is 0 Å². The topological polar surface area (TPSA) is 57.2 Å². The number of hydrogen-bond donors (Lipinski definition) is 1. The first-order chi connectivity index (χ1) is 13.9. The van der Waals surface area contributed by atoms with Crippen LogP contribution in [0, 0.1) is 6.92 Å². The molecule has 1 amide bonds. The molecule has 0 aliphatic carbocycles. The Labute approximate surface area is 170 Å². The molecule has 4 heteroatoms. The minimum atomic E-state index is -0.400. The lowest BCUT2D eigenvalue weighted by molar-refractivity contribution is 0.100. The third-order valence-electron chi connectivity index (χ3n) is 5.65. The Morgan fingerprint density at radius 1 is 1.07 bits per heavy atom. The number of benzene rings is 3. The Balaban J connectivity index is 1.99. The van der Waals surface area contributed by atoms with Crippen molar-refractivity contribution in [1.29, 1.82) is 0 Å². The lowest BCUT2D eigenvalue weighted by Gasteiger charge is -2.12. The molecule has 3 aromatic carbocycles. The molecule has 4 aromatic rings. The van der Waals surface area contributed by atoms with Crippen LogP contribution >= 0.6 is 0 Å². The van der Waals surface area contributed by atoms with Gasteiger partial charge in [0.05, 0.1) is 12.6 Å². The van der Waals surface area contributed by atoms with Crippen LogP contribution in [0.15, 0.2) is 54.6 Å². The number of amides is 1. The summed E-state index contributed by atoms with van der Waals surface area (Å²) in [6.07, 6.45) is 0. The number of ether oxygens (including phenoxy) is 1. The quantitative estimate of drug-likeness (QED) is 0.500. The van der Waals surface area contributed by atoms with Crippen molar-refractivity contribution in [3.63, 3.8) is 0 Å². The first kappa shape index (κ1) is 19.1. The number of aryl methyl sites for hydroxylation is 1. The lowest BCUT2D eigenvalue weighted by Crippen LogP contribution is -2.11. The van der Waals surface area contributed by atoms with E-state index >= 15 is 0 Å². The molecule has 0 atom stereocenters. The second kappa shape index (κ2) is 7.28. The smallest absolute Gasteiger partial charge is 0.249 e. The van der Waals surface area contributed by atoms with Crippen LogP contribution in [0.25, 0.3) is 21.8 Å². The van der Waals surface area contributed by atoms with E-state index in [4.69, 9.17) is 10.5 Å². The summed E-state index contributed by atoms with van der Waals surface area (Å²) in [6.45, 7) is 7.14. The maximum absolute atomic E-state index is 12.1. The molecule has 0 unspecified atom stereocenters. The first-order valence-corrected chi connectivity index (χ1v) is 9.89. The van der Waals surface area contributed by atoms with Crippen LogP contribution in [0.2, 0.25) is 0 Å². The van der Waals surface area contributed by atoms with Crippen molar-refractivity contribution >= 4 is 27.7 Å². The molecule has 0 saturated carbocycles. The number of nitrogens with two attached hydrogens (primary N) is 1. The summed E-state index contributed by atoms with van der Waals surface area (Å²) in [5, 5.41) is 1.99. The van der Waals surface area contributed by atoms with Gasteiger partial charge >= 0.3 is 0 Å². The molecule has 1 heterocycles. The summed E-state index contributed by atoms with van der Waals surface area (Å²) in [5.41, 5.74) is 12.0. The lowest BCUT2D eigenvalue weighted by atomic mass is 10.00. The Kier molecular flexibility index (Phi) is 4.79. The van der Waals surface area contributed by atoms with E-state index in [1.165, 1.54) is 11.1 Å². The maximum atomic E-state index is 12.1. The van der Waals surface area contributed by atoms with Crippen LogP contribution < -0.4 is 10.5 Å². The van der Waals surface area contributed by atoms with Crippen LogP contribution in [0.4, 0.5) is 0 Å². The Morgan fingerprint density at radius 3 is 2.52 bits per heavy atom. The summed E-state index contributed by atoms with van der Waals surface area (Å²) >= 11 is 0. The first-order valence-electron chi connectivity index (χ1n) is 9.89. The third kappa shape index (κ3) is 3.25. The summed E-state index contributed by atoms with van der Waals surface area (Å²) in [4.78, 5) is 12.1. The van der Waals surface area contributed by atoms with Crippen molar-refractivity contribution in [2.75, 3.05) is 7.11 Å². The molecule has 0 saturated heterocycles. The minimum Gasteiger partial charge on any atom is -0.496 e. The Morgan fingerprint density at radius 2 is 1.86 bits per heavy atom. The number of aromatic nitrogens is 1. The molecule has 1 aromatic heterocycles. The van der Waals surface area contributed by atoms with E-state index in [0.717, 1.165) is 33.1 Å². The van der Waals surface area contributed by atoms with Crippen molar-refractivity contribution in [2.45, 2.75) is 33.2 Å². The molecule has 4 rings (SSSR count). The van der Waals surface area contributed by atoms with Crippen LogP contribution in [0.3, 0.4) is 0 Å². The highest BCUT2D eigenvalue weighted by molar-refractivity contribution is 6.18. The second-order valence-electron chi connectivity index (χ2n) is 7.89. The zero-order valence-corrected chi connectivity index (χ0v) is 17.3. The average Bonchev–Trinajstić information content (AvgIpc) is 3.01. The van der Waals surface area contributed by atoms with Crippen LogP contribution in [0.5, 0.6) is 5.75 Å². The predicted molar refractivity (Wildman–Crippen MR) is 119 cm³/mol. The number of methoxy groups -OCH3 is 1. The molecule has 0 fully saturated rings. The van der Waals surface area contributed by atoms with Gasteiger partial charge in [-0.25, -0.2) is 0 Å². The molecule has 0 spiro atoms. The number of primary amides is 1. The SMILES string of the molecule is COc1ccc(Cn2c3cc(C(C)C)ccc3c3c(C(N)=O)cccc32)cc1C. The van der Waals surface area contributed by atoms with Crippen molar-refractivity contribution < 1.29 is 9.53 Å². The van der Waals surface area contributed by atoms with Gasteiger partial charge < -0.3 is 15.0 Å². The molecule has 29 heavy (non-hydrogen) atoms. The van der Waals surface area contributed by atoms with Gasteiger partial charge in [0.25, 0.3) is 0 Å². The molecule has 2 N–H and O–H groups in total. The molecule has 0 aliphatic rings. The largest absolute Gasteiger partial charge is 0.496 e. The molecule has 0 radical (unpaired) electrons. The minimum absolute atomic E-state index is 0.400. The van der Waals surface area contributed by atoms with Gasteiger partial charge in [0.2, 0.25) is 5.91 Å². The monoisotopic (exact) mass is 386 g/mol. The zero-order chi connectivity index (χ0) is 20.7. The highest BCUT2D eigenvalue weighted by Crippen LogP contribution is 2.34. The van der Waals surface area contributed by atoms with E-state index in [2.05, 4.69) is 61.7 Å². The molecular weight excluding hydrogens is 360 g/mol. The predicted octanol–water partition coefficient (Wildman–Crippen LogP) is 5.38. The normalized spacial score (nSPS) is 11.5. The van der Waals surface area contributed by atoms with Crippen molar-refractivity contribution in [1.82, 2.24) is 4.57 Å². The van der Waals surface area contributed by atoms with E-state index < -0.39 is 5.91 Å². The summed E-state index contributed by atoms with van der Waals surface area (Å²) < 4.78 is 7.68. The number of hydrogen-bond acceptors (Lipinski definition) is 2. The van der Waals surface area contributed by atoms with Crippen LogP contribution in [-0.4, -0.2) is 17.6 Å². The number of nitrogens with zero attached hydrogens (tertiary/aromatic N) is 1. The van der Waals surface area contributed by atoms with E-state index in [0.29, 0.717) is 18.0 Å². The Bertz CT molecular complexity index is 1230. The second-order valence-corrected chi connectivity index (χ2v) is 7.89. The number of carbonyl (C=O) groups excluding carboxylic acids is 1. The van der Waals surface area contributed by atoms with E-state index in [9.17, 15) is 4.79 Å².